The van der Waals surface area contributed by atoms with E-state index in [1.54, 1.807) is 7.11 Å². The summed E-state index contributed by atoms with van der Waals surface area (Å²) in [4.78, 5) is 13.3. The molecule has 1 heterocycles. The molecule has 0 bridgehead atoms. The molecule has 29 heavy (non-hydrogen) atoms. The number of methoxy groups -OCH3 is 1. The first-order valence-corrected chi connectivity index (χ1v) is 9.59. The second-order valence-corrected chi connectivity index (χ2v) is 7.07. The predicted molar refractivity (Wildman–Crippen MR) is 114 cm³/mol. The van der Waals surface area contributed by atoms with E-state index in [2.05, 4.69) is 17.4 Å². The van der Waals surface area contributed by atoms with Crippen molar-refractivity contribution in [3.05, 3.63) is 107 Å². The van der Waals surface area contributed by atoms with Gasteiger partial charge in [0.05, 0.1) is 12.6 Å². The van der Waals surface area contributed by atoms with Crippen molar-refractivity contribution in [2.24, 2.45) is 0 Å². The summed E-state index contributed by atoms with van der Waals surface area (Å²) in [6, 6.07) is 25.5. The maximum absolute atomic E-state index is 13.3. The molecule has 4 aromatic rings. The lowest BCUT2D eigenvalue weighted by atomic mass is 9.97. The maximum Gasteiger partial charge on any atom is 0.288 e. The number of para-hydroxylation sites is 1. The van der Waals surface area contributed by atoms with Crippen molar-refractivity contribution in [3.63, 3.8) is 0 Å². The quantitative estimate of drug-likeness (QED) is 0.483. The fraction of sp³-hybridized carbons (Fsp3) is 0.160. The summed E-state index contributed by atoms with van der Waals surface area (Å²) in [5.74, 6) is 0.0313. The number of fused-ring (bicyclic) bond motifs is 1. The molecule has 1 atom stereocenters. The van der Waals surface area contributed by atoms with Crippen LogP contribution in [0.3, 0.4) is 0 Å². The molecule has 4 rings (SSSR count). The van der Waals surface area contributed by atoms with Gasteiger partial charge < -0.3 is 14.5 Å². The average Bonchev–Trinajstić information content (AvgIpc) is 3.12. The summed E-state index contributed by atoms with van der Waals surface area (Å²) in [6.45, 7) is 2.35. The van der Waals surface area contributed by atoms with Gasteiger partial charge in [0.25, 0.3) is 5.91 Å². The van der Waals surface area contributed by atoms with Crippen LogP contribution in [0.2, 0.25) is 0 Å². The zero-order valence-electron chi connectivity index (χ0n) is 16.5. The summed E-state index contributed by atoms with van der Waals surface area (Å²) < 4.78 is 11.2. The third-order valence-corrected chi connectivity index (χ3v) is 5.01. The van der Waals surface area contributed by atoms with E-state index in [4.69, 9.17) is 9.15 Å². The van der Waals surface area contributed by atoms with Crippen LogP contribution in [-0.4, -0.2) is 13.0 Å². The van der Waals surface area contributed by atoms with Crippen LogP contribution in [0.4, 0.5) is 0 Å². The van der Waals surface area contributed by atoms with Crippen LogP contribution in [-0.2, 0) is 11.3 Å². The standard InChI is InChI=1S/C25H23NO3/c1-17-12-14-19(15-13-17)23(18-8-4-3-5-9-18)26-25(27)24-21(16-28-2)20-10-6-7-11-22(20)29-24/h3-15,23H,16H2,1-2H3,(H,26,27). The highest BCUT2D eigenvalue weighted by molar-refractivity contribution is 5.99. The minimum Gasteiger partial charge on any atom is -0.451 e. The van der Waals surface area contributed by atoms with Gasteiger partial charge in [0, 0.05) is 18.1 Å². The van der Waals surface area contributed by atoms with E-state index >= 15 is 0 Å². The van der Waals surface area contributed by atoms with E-state index in [0.717, 1.165) is 22.1 Å². The Kier molecular flexibility index (Phi) is 5.45. The number of aryl methyl sites for hydroxylation is 1. The van der Waals surface area contributed by atoms with Gasteiger partial charge in [-0.25, -0.2) is 0 Å². The molecule has 0 saturated carbocycles. The highest BCUT2D eigenvalue weighted by Crippen LogP contribution is 2.28. The lowest BCUT2D eigenvalue weighted by molar-refractivity contribution is 0.0910. The number of benzene rings is 3. The number of hydrogen-bond donors (Lipinski definition) is 1. The summed E-state index contributed by atoms with van der Waals surface area (Å²) in [7, 11) is 1.61. The van der Waals surface area contributed by atoms with Crippen LogP contribution in [0.1, 0.15) is 38.9 Å². The van der Waals surface area contributed by atoms with Gasteiger partial charge in [0.15, 0.2) is 5.76 Å². The summed E-state index contributed by atoms with van der Waals surface area (Å²) in [5.41, 5.74) is 4.63. The molecule has 1 unspecified atom stereocenters. The topological polar surface area (TPSA) is 51.5 Å². The molecule has 0 fully saturated rings. The minimum absolute atomic E-state index is 0.261. The Morgan fingerprint density at radius 1 is 0.931 bits per heavy atom. The second-order valence-electron chi connectivity index (χ2n) is 7.07. The Bertz CT molecular complexity index is 1110. The summed E-state index contributed by atoms with van der Waals surface area (Å²) in [5, 5.41) is 4.05. The van der Waals surface area contributed by atoms with Crippen LogP contribution in [0.25, 0.3) is 11.0 Å². The number of nitrogens with one attached hydrogen (secondary N) is 1. The third kappa shape index (κ3) is 3.93. The normalized spacial score (nSPS) is 12.1. The van der Waals surface area contributed by atoms with Crippen molar-refractivity contribution in [1.29, 1.82) is 0 Å². The first kappa shape index (κ1) is 19.0. The maximum atomic E-state index is 13.3. The molecule has 0 saturated heterocycles. The molecular weight excluding hydrogens is 362 g/mol. The molecule has 4 nitrogen and oxygen atoms in total. The van der Waals surface area contributed by atoms with Crippen LogP contribution in [0.5, 0.6) is 0 Å². The molecule has 1 aromatic heterocycles. The van der Waals surface area contributed by atoms with E-state index in [0.29, 0.717) is 18.0 Å². The molecule has 4 heteroatoms. The molecule has 146 valence electrons. The molecule has 3 aromatic carbocycles. The highest BCUT2D eigenvalue weighted by Gasteiger charge is 2.24. The van der Waals surface area contributed by atoms with Crippen molar-refractivity contribution in [3.8, 4) is 0 Å². The smallest absolute Gasteiger partial charge is 0.288 e. The number of ether oxygens (including phenoxy) is 1. The van der Waals surface area contributed by atoms with Crippen molar-refractivity contribution >= 4 is 16.9 Å². The van der Waals surface area contributed by atoms with E-state index in [1.807, 2.05) is 73.7 Å². The van der Waals surface area contributed by atoms with Crippen LogP contribution >= 0.6 is 0 Å². The molecule has 1 amide bonds. The molecule has 1 N–H and O–H groups in total. The van der Waals surface area contributed by atoms with E-state index in [9.17, 15) is 4.79 Å². The fourth-order valence-corrected chi connectivity index (χ4v) is 3.53. The average molecular weight is 385 g/mol. The third-order valence-electron chi connectivity index (χ3n) is 5.01. The van der Waals surface area contributed by atoms with Crippen LogP contribution < -0.4 is 5.32 Å². The Hall–Kier alpha value is -3.37. The zero-order valence-corrected chi connectivity index (χ0v) is 16.5. The molecule has 0 spiro atoms. The lowest BCUT2D eigenvalue weighted by Gasteiger charge is -2.20. The number of carbonyl (C=O) groups is 1. The summed E-state index contributed by atoms with van der Waals surface area (Å²) in [6.07, 6.45) is 0. The number of amides is 1. The van der Waals surface area contributed by atoms with E-state index < -0.39 is 0 Å². The molecule has 0 aliphatic rings. The molecular formula is C25H23NO3. The molecule has 0 radical (unpaired) electrons. The number of carbonyl (C=O) groups excluding carboxylic acids is 1. The predicted octanol–water partition coefficient (Wildman–Crippen LogP) is 5.41. The van der Waals surface area contributed by atoms with E-state index in [1.165, 1.54) is 5.56 Å². The Morgan fingerprint density at radius 3 is 2.31 bits per heavy atom. The van der Waals surface area contributed by atoms with Crippen LogP contribution in [0, 0.1) is 6.92 Å². The molecule has 0 aliphatic heterocycles. The number of hydrogen-bond acceptors (Lipinski definition) is 3. The lowest BCUT2D eigenvalue weighted by Crippen LogP contribution is -2.29. The van der Waals surface area contributed by atoms with Gasteiger partial charge in [-0.3, -0.25) is 4.79 Å². The van der Waals surface area contributed by atoms with Gasteiger partial charge in [-0.1, -0.05) is 78.4 Å². The van der Waals surface area contributed by atoms with Crippen molar-refractivity contribution in [1.82, 2.24) is 5.32 Å². The number of rotatable bonds is 6. The molecule has 0 aliphatic carbocycles. The van der Waals surface area contributed by atoms with Crippen molar-refractivity contribution in [2.45, 2.75) is 19.6 Å². The SMILES string of the molecule is COCc1c(C(=O)NC(c2ccccc2)c2ccc(C)cc2)oc2ccccc12. The number of furan rings is 1. The van der Waals surface area contributed by atoms with Crippen molar-refractivity contribution < 1.29 is 13.9 Å². The Morgan fingerprint density at radius 2 is 1.59 bits per heavy atom. The van der Waals surface area contributed by atoms with Gasteiger partial charge in [0.2, 0.25) is 0 Å². The van der Waals surface area contributed by atoms with Gasteiger partial charge in [-0.15, -0.1) is 0 Å². The van der Waals surface area contributed by atoms with Crippen molar-refractivity contribution in [2.75, 3.05) is 7.11 Å². The minimum atomic E-state index is -0.284. The van der Waals surface area contributed by atoms with Gasteiger partial charge >= 0.3 is 0 Å². The van der Waals surface area contributed by atoms with E-state index in [-0.39, 0.29) is 11.9 Å². The van der Waals surface area contributed by atoms with Gasteiger partial charge in [-0.2, -0.15) is 0 Å². The largest absolute Gasteiger partial charge is 0.451 e. The highest BCUT2D eigenvalue weighted by atomic mass is 16.5. The fourth-order valence-electron chi connectivity index (χ4n) is 3.53. The first-order chi connectivity index (χ1) is 14.2. The second kappa shape index (κ2) is 8.33. The summed E-state index contributed by atoms with van der Waals surface area (Å²) >= 11 is 0. The Balaban J connectivity index is 1.73. The first-order valence-electron chi connectivity index (χ1n) is 9.59. The van der Waals surface area contributed by atoms with Gasteiger partial charge in [0.1, 0.15) is 5.58 Å². The zero-order chi connectivity index (χ0) is 20.2. The van der Waals surface area contributed by atoms with Gasteiger partial charge in [-0.05, 0) is 24.1 Å². The van der Waals surface area contributed by atoms with Crippen LogP contribution in [0.15, 0.2) is 83.3 Å². The monoisotopic (exact) mass is 385 g/mol. The Labute approximate surface area is 170 Å².